The van der Waals surface area contributed by atoms with Crippen LogP contribution in [0.1, 0.15) is 17.0 Å². The summed E-state index contributed by atoms with van der Waals surface area (Å²) in [5.41, 5.74) is 1.44. The van der Waals surface area contributed by atoms with Crippen molar-refractivity contribution in [2.24, 2.45) is 0 Å². The highest BCUT2D eigenvalue weighted by Gasteiger charge is 2.22. The molecule has 1 aromatic heterocycles. The summed E-state index contributed by atoms with van der Waals surface area (Å²) in [5, 5.41) is 0.357. The molecule has 0 bridgehead atoms. The quantitative estimate of drug-likeness (QED) is 0.555. The molecule has 0 saturated heterocycles. The molecule has 0 aliphatic carbocycles. The fourth-order valence-electron chi connectivity index (χ4n) is 2.98. The topological polar surface area (TPSA) is 89.3 Å². The molecule has 0 amide bonds. The molecular weight excluding hydrogens is 468 g/mol. The van der Waals surface area contributed by atoms with Crippen LogP contribution in [-0.4, -0.2) is 22.5 Å². The van der Waals surface area contributed by atoms with Crippen LogP contribution in [0.15, 0.2) is 50.6 Å². The SMILES string of the molecule is Cc1ccc(S(=O)(=O)O)c(-c2nc(C)n(-c3cccc(Br)c3Cl)c(=O)c2C)c1. The van der Waals surface area contributed by atoms with Crippen LogP contribution in [-0.2, 0) is 10.1 Å². The van der Waals surface area contributed by atoms with Crippen LogP contribution in [0.4, 0.5) is 0 Å². The maximum atomic E-state index is 13.1. The van der Waals surface area contributed by atoms with Crippen molar-refractivity contribution in [3.63, 3.8) is 0 Å². The van der Waals surface area contributed by atoms with E-state index in [4.69, 9.17) is 11.6 Å². The first-order valence-electron chi connectivity index (χ1n) is 8.15. The lowest BCUT2D eigenvalue weighted by Crippen LogP contribution is -2.25. The molecule has 0 fully saturated rings. The lowest BCUT2D eigenvalue weighted by atomic mass is 10.0. The second-order valence-corrected chi connectivity index (χ2v) is 8.94. The fourth-order valence-corrected chi connectivity index (χ4v) is 4.22. The van der Waals surface area contributed by atoms with Crippen molar-refractivity contribution in [1.82, 2.24) is 9.55 Å². The zero-order valence-corrected chi connectivity index (χ0v) is 18.4. The van der Waals surface area contributed by atoms with Crippen molar-refractivity contribution in [1.29, 1.82) is 0 Å². The van der Waals surface area contributed by atoms with E-state index in [9.17, 15) is 17.8 Å². The van der Waals surface area contributed by atoms with Crippen LogP contribution in [0, 0.1) is 20.8 Å². The van der Waals surface area contributed by atoms with Gasteiger partial charge in [-0.2, -0.15) is 8.42 Å². The third-order valence-electron chi connectivity index (χ3n) is 4.32. The third kappa shape index (κ3) is 3.65. The van der Waals surface area contributed by atoms with Gasteiger partial charge < -0.3 is 0 Å². The van der Waals surface area contributed by atoms with Crippen LogP contribution < -0.4 is 5.56 Å². The molecule has 3 rings (SSSR count). The summed E-state index contributed by atoms with van der Waals surface area (Å²) in [6, 6.07) is 9.64. The van der Waals surface area contributed by atoms with E-state index in [1.54, 1.807) is 51.1 Å². The van der Waals surface area contributed by atoms with Crippen LogP contribution in [0.2, 0.25) is 5.02 Å². The molecule has 146 valence electrons. The summed E-state index contributed by atoms with van der Waals surface area (Å²) >= 11 is 9.68. The highest BCUT2D eigenvalue weighted by molar-refractivity contribution is 9.10. The van der Waals surface area contributed by atoms with Crippen molar-refractivity contribution in [3.05, 3.63) is 73.2 Å². The third-order valence-corrected chi connectivity index (χ3v) is 6.51. The molecule has 1 heterocycles. The van der Waals surface area contributed by atoms with E-state index < -0.39 is 10.1 Å². The average Bonchev–Trinajstić information content (AvgIpc) is 2.60. The Bertz CT molecular complexity index is 1270. The summed E-state index contributed by atoms with van der Waals surface area (Å²) in [6.45, 7) is 4.97. The van der Waals surface area contributed by atoms with Crippen molar-refractivity contribution >= 4 is 37.6 Å². The van der Waals surface area contributed by atoms with E-state index in [0.717, 1.165) is 5.56 Å². The van der Waals surface area contributed by atoms with Gasteiger partial charge >= 0.3 is 0 Å². The fraction of sp³-hybridized carbons (Fsp3) is 0.158. The normalized spacial score (nSPS) is 11.6. The minimum Gasteiger partial charge on any atom is -0.282 e. The highest BCUT2D eigenvalue weighted by atomic mass is 79.9. The number of aryl methyl sites for hydroxylation is 2. The predicted octanol–water partition coefficient (Wildman–Crippen LogP) is 4.49. The number of hydrogen-bond acceptors (Lipinski definition) is 4. The van der Waals surface area contributed by atoms with Gasteiger partial charge in [-0.15, -0.1) is 0 Å². The second kappa shape index (κ2) is 7.44. The Hall–Kier alpha value is -2.00. The van der Waals surface area contributed by atoms with Gasteiger partial charge in [-0.05, 0) is 61.0 Å². The maximum Gasteiger partial charge on any atom is 0.295 e. The second-order valence-electron chi connectivity index (χ2n) is 6.32. The number of halogens is 2. The molecule has 0 unspecified atom stereocenters. The molecule has 6 nitrogen and oxygen atoms in total. The molecule has 2 aromatic carbocycles. The maximum absolute atomic E-state index is 13.1. The monoisotopic (exact) mass is 482 g/mol. The van der Waals surface area contributed by atoms with Crippen LogP contribution >= 0.6 is 27.5 Å². The largest absolute Gasteiger partial charge is 0.295 e. The van der Waals surface area contributed by atoms with E-state index in [-0.39, 0.29) is 27.3 Å². The number of rotatable bonds is 3. The van der Waals surface area contributed by atoms with Crippen LogP contribution in [0.3, 0.4) is 0 Å². The van der Waals surface area contributed by atoms with Crippen molar-refractivity contribution in [2.75, 3.05) is 0 Å². The van der Waals surface area contributed by atoms with Gasteiger partial charge in [0.2, 0.25) is 0 Å². The molecule has 28 heavy (non-hydrogen) atoms. The standard InChI is InChI=1S/C19H16BrClN2O4S/c1-10-7-8-16(28(25,26)27)13(9-10)18-11(2)19(24)23(12(3)22-18)15-6-4-5-14(20)17(15)21/h4-9H,1-3H3,(H,25,26,27). The van der Waals surface area contributed by atoms with Crippen LogP contribution in [0.25, 0.3) is 16.9 Å². The zero-order valence-electron chi connectivity index (χ0n) is 15.2. The Balaban J connectivity index is 2.36. The summed E-state index contributed by atoms with van der Waals surface area (Å²) in [5.74, 6) is 0.327. The smallest absolute Gasteiger partial charge is 0.282 e. The molecule has 0 saturated carbocycles. The van der Waals surface area contributed by atoms with Gasteiger partial charge in [-0.25, -0.2) is 4.98 Å². The molecule has 0 atom stereocenters. The first kappa shape index (κ1) is 20.7. The van der Waals surface area contributed by atoms with E-state index in [1.165, 1.54) is 10.6 Å². The van der Waals surface area contributed by atoms with Crippen molar-refractivity contribution in [2.45, 2.75) is 25.7 Å². The molecule has 9 heteroatoms. The minimum atomic E-state index is -4.49. The summed E-state index contributed by atoms with van der Waals surface area (Å²) in [4.78, 5) is 17.3. The number of nitrogens with zero attached hydrogens (tertiary/aromatic N) is 2. The van der Waals surface area contributed by atoms with Gasteiger partial charge in [-0.3, -0.25) is 13.9 Å². The predicted molar refractivity (Wildman–Crippen MR) is 112 cm³/mol. The first-order valence-corrected chi connectivity index (χ1v) is 10.8. The molecular formula is C19H16BrClN2O4S. The van der Waals surface area contributed by atoms with E-state index in [1.807, 2.05) is 0 Å². The Morgan fingerprint density at radius 1 is 1.14 bits per heavy atom. The number of benzene rings is 2. The number of hydrogen-bond donors (Lipinski definition) is 1. The molecule has 0 spiro atoms. The summed E-state index contributed by atoms with van der Waals surface area (Å²) < 4.78 is 35.2. The van der Waals surface area contributed by atoms with E-state index in [2.05, 4.69) is 20.9 Å². The molecule has 0 aliphatic rings. The van der Waals surface area contributed by atoms with Gasteiger partial charge in [-0.1, -0.05) is 29.3 Å². The lowest BCUT2D eigenvalue weighted by Gasteiger charge is -2.16. The Labute approximate surface area is 175 Å². The number of aromatic nitrogens is 2. The first-order chi connectivity index (χ1) is 13.0. The van der Waals surface area contributed by atoms with Gasteiger partial charge in [0.1, 0.15) is 10.7 Å². The van der Waals surface area contributed by atoms with Gasteiger partial charge in [0, 0.05) is 15.6 Å². The van der Waals surface area contributed by atoms with Gasteiger partial charge in [0.15, 0.2) is 0 Å². The minimum absolute atomic E-state index is 0.174. The lowest BCUT2D eigenvalue weighted by molar-refractivity contribution is 0.483. The molecule has 0 radical (unpaired) electrons. The van der Waals surface area contributed by atoms with Gasteiger partial charge in [0.25, 0.3) is 15.7 Å². The summed E-state index contributed by atoms with van der Waals surface area (Å²) in [7, 11) is -4.49. The summed E-state index contributed by atoms with van der Waals surface area (Å²) in [6.07, 6.45) is 0. The van der Waals surface area contributed by atoms with E-state index >= 15 is 0 Å². The van der Waals surface area contributed by atoms with Crippen molar-refractivity contribution < 1.29 is 13.0 Å². The highest BCUT2D eigenvalue weighted by Crippen LogP contribution is 2.31. The Morgan fingerprint density at radius 2 is 1.82 bits per heavy atom. The van der Waals surface area contributed by atoms with Gasteiger partial charge in [0.05, 0.1) is 16.4 Å². The van der Waals surface area contributed by atoms with E-state index in [0.29, 0.717) is 21.0 Å². The van der Waals surface area contributed by atoms with Crippen LogP contribution in [0.5, 0.6) is 0 Å². The Kier molecular flexibility index (Phi) is 5.51. The average molecular weight is 484 g/mol. The molecule has 0 aliphatic heterocycles. The Morgan fingerprint density at radius 3 is 2.46 bits per heavy atom. The van der Waals surface area contributed by atoms with Crippen molar-refractivity contribution in [3.8, 4) is 16.9 Å². The molecule has 1 N–H and O–H groups in total. The zero-order chi connectivity index (χ0) is 20.8. The molecule has 3 aromatic rings.